The minimum atomic E-state index is -0.216. The van der Waals surface area contributed by atoms with Gasteiger partial charge in [-0.2, -0.15) is 5.26 Å². The summed E-state index contributed by atoms with van der Waals surface area (Å²) in [6.45, 7) is 0.663. The molecule has 0 radical (unpaired) electrons. The lowest BCUT2D eigenvalue weighted by molar-refractivity contribution is 0.138. The molecule has 1 heterocycles. The number of nitriles is 1. The van der Waals surface area contributed by atoms with Crippen LogP contribution in [-0.2, 0) is 0 Å². The van der Waals surface area contributed by atoms with Crippen LogP contribution in [-0.4, -0.2) is 27.7 Å². The Bertz CT molecular complexity index is 401. The number of rotatable bonds is 3. The average Bonchev–Trinajstić information content (AvgIpc) is 2.72. The van der Waals surface area contributed by atoms with Gasteiger partial charge in [0.05, 0.1) is 6.10 Å². The van der Waals surface area contributed by atoms with Gasteiger partial charge in [-0.05, 0) is 18.9 Å². The van der Waals surface area contributed by atoms with Gasteiger partial charge in [-0.15, -0.1) is 0 Å². The van der Waals surface area contributed by atoms with E-state index in [1.54, 1.807) is 12.3 Å². The van der Waals surface area contributed by atoms with Crippen LogP contribution in [0.2, 0.25) is 0 Å². The monoisotopic (exact) mass is 218 g/mol. The number of nitrogens with zero attached hydrogens (tertiary/aromatic N) is 3. The number of aliphatic hydroxyl groups is 1. The third-order valence-corrected chi connectivity index (χ3v) is 2.91. The maximum Gasteiger partial charge on any atom is 0.223 e. The molecular formula is C11H14N4O. The van der Waals surface area contributed by atoms with E-state index in [0.29, 0.717) is 18.2 Å². The Kier molecular flexibility index (Phi) is 3.32. The molecule has 2 rings (SSSR count). The quantitative estimate of drug-likeness (QED) is 0.788. The van der Waals surface area contributed by atoms with Gasteiger partial charge in [0.25, 0.3) is 0 Å². The molecule has 2 N–H and O–H groups in total. The Hall–Kier alpha value is -1.67. The highest BCUT2D eigenvalue weighted by atomic mass is 16.3. The van der Waals surface area contributed by atoms with Crippen LogP contribution in [0.15, 0.2) is 12.3 Å². The van der Waals surface area contributed by atoms with E-state index in [4.69, 9.17) is 5.26 Å². The second-order valence-corrected chi connectivity index (χ2v) is 4.02. The van der Waals surface area contributed by atoms with Gasteiger partial charge in [-0.1, -0.05) is 6.42 Å². The van der Waals surface area contributed by atoms with Crippen molar-refractivity contribution in [3.05, 3.63) is 18.0 Å². The van der Waals surface area contributed by atoms with Crippen LogP contribution in [0.4, 0.5) is 5.95 Å². The third-order valence-electron chi connectivity index (χ3n) is 2.91. The predicted molar refractivity (Wildman–Crippen MR) is 58.6 cm³/mol. The number of anilines is 1. The number of aliphatic hydroxyl groups excluding tert-OH is 1. The van der Waals surface area contributed by atoms with E-state index in [9.17, 15) is 5.11 Å². The van der Waals surface area contributed by atoms with E-state index in [1.165, 1.54) is 0 Å². The molecule has 84 valence electrons. The van der Waals surface area contributed by atoms with Crippen molar-refractivity contribution in [1.82, 2.24) is 9.97 Å². The van der Waals surface area contributed by atoms with Crippen LogP contribution < -0.4 is 5.32 Å². The van der Waals surface area contributed by atoms with E-state index < -0.39 is 0 Å². The van der Waals surface area contributed by atoms with Gasteiger partial charge in [-0.25, -0.2) is 9.97 Å². The number of nitrogens with one attached hydrogen (secondary N) is 1. The van der Waals surface area contributed by atoms with Crippen molar-refractivity contribution in [3.63, 3.8) is 0 Å². The van der Waals surface area contributed by atoms with Gasteiger partial charge in [-0.3, -0.25) is 0 Å². The summed E-state index contributed by atoms with van der Waals surface area (Å²) in [5.74, 6) is 0.729. The summed E-state index contributed by atoms with van der Waals surface area (Å²) < 4.78 is 0. The first-order valence-electron chi connectivity index (χ1n) is 5.44. The van der Waals surface area contributed by atoms with Crippen molar-refractivity contribution in [2.24, 2.45) is 5.92 Å². The first-order valence-corrected chi connectivity index (χ1v) is 5.44. The number of hydrogen-bond acceptors (Lipinski definition) is 5. The summed E-state index contributed by atoms with van der Waals surface area (Å²) in [4.78, 5) is 8.03. The topological polar surface area (TPSA) is 81.8 Å². The molecule has 0 bridgehead atoms. The second kappa shape index (κ2) is 4.90. The zero-order chi connectivity index (χ0) is 11.4. The van der Waals surface area contributed by atoms with Crippen LogP contribution in [0.25, 0.3) is 0 Å². The summed E-state index contributed by atoms with van der Waals surface area (Å²) in [6.07, 6.45) is 4.33. The second-order valence-electron chi connectivity index (χ2n) is 4.02. The zero-order valence-electron chi connectivity index (χ0n) is 8.93. The van der Waals surface area contributed by atoms with Crippen molar-refractivity contribution in [2.75, 3.05) is 11.9 Å². The largest absolute Gasteiger partial charge is 0.393 e. The molecular weight excluding hydrogens is 204 g/mol. The molecule has 5 nitrogen and oxygen atoms in total. The molecule has 0 saturated heterocycles. The standard InChI is InChI=1S/C11H14N4O/c12-6-9-4-5-13-11(15-9)14-7-8-2-1-3-10(8)16/h4-5,8,10,16H,1-3,7H2,(H,13,14,15). The highest BCUT2D eigenvalue weighted by molar-refractivity contribution is 5.30. The molecule has 2 unspecified atom stereocenters. The smallest absolute Gasteiger partial charge is 0.223 e. The molecule has 0 aromatic carbocycles. The van der Waals surface area contributed by atoms with E-state index in [-0.39, 0.29) is 12.0 Å². The first kappa shape index (κ1) is 10.8. The van der Waals surface area contributed by atoms with Crippen molar-refractivity contribution in [2.45, 2.75) is 25.4 Å². The van der Waals surface area contributed by atoms with Crippen LogP contribution in [0.1, 0.15) is 25.0 Å². The third kappa shape index (κ3) is 2.47. The first-order chi connectivity index (χ1) is 7.79. The number of aromatic nitrogens is 2. The molecule has 1 aliphatic rings. The fourth-order valence-electron chi connectivity index (χ4n) is 1.98. The molecule has 0 aliphatic heterocycles. The normalized spacial score (nSPS) is 24.0. The summed E-state index contributed by atoms with van der Waals surface area (Å²) in [6, 6.07) is 3.53. The molecule has 1 saturated carbocycles. The average molecular weight is 218 g/mol. The Morgan fingerprint density at radius 2 is 2.44 bits per heavy atom. The SMILES string of the molecule is N#Cc1ccnc(NCC2CCCC2O)n1. The molecule has 5 heteroatoms. The lowest BCUT2D eigenvalue weighted by Gasteiger charge is -2.14. The van der Waals surface area contributed by atoms with Gasteiger partial charge in [0.2, 0.25) is 5.95 Å². The highest BCUT2D eigenvalue weighted by Gasteiger charge is 2.24. The summed E-state index contributed by atoms with van der Waals surface area (Å²) >= 11 is 0. The minimum absolute atomic E-state index is 0.216. The maximum absolute atomic E-state index is 9.63. The molecule has 16 heavy (non-hydrogen) atoms. The zero-order valence-corrected chi connectivity index (χ0v) is 8.93. The van der Waals surface area contributed by atoms with E-state index >= 15 is 0 Å². The summed E-state index contributed by atoms with van der Waals surface area (Å²) in [5, 5.41) is 21.4. The van der Waals surface area contributed by atoms with Gasteiger partial charge in [0.1, 0.15) is 11.8 Å². The Labute approximate surface area is 94.2 Å². The van der Waals surface area contributed by atoms with E-state index in [2.05, 4.69) is 15.3 Å². The fourth-order valence-corrected chi connectivity index (χ4v) is 1.98. The maximum atomic E-state index is 9.63. The lowest BCUT2D eigenvalue weighted by Crippen LogP contribution is -2.22. The van der Waals surface area contributed by atoms with Crippen LogP contribution in [0, 0.1) is 17.2 Å². The molecule has 1 aromatic heterocycles. The van der Waals surface area contributed by atoms with Gasteiger partial charge < -0.3 is 10.4 Å². The fraction of sp³-hybridized carbons (Fsp3) is 0.545. The minimum Gasteiger partial charge on any atom is -0.393 e. The van der Waals surface area contributed by atoms with Crippen LogP contribution in [0.5, 0.6) is 0 Å². The van der Waals surface area contributed by atoms with Crippen molar-refractivity contribution in [3.8, 4) is 6.07 Å². The van der Waals surface area contributed by atoms with Gasteiger partial charge in [0, 0.05) is 18.7 Å². The Morgan fingerprint density at radius 1 is 1.56 bits per heavy atom. The molecule has 0 spiro atoms. The van der Waals surface area contributed by atoms with Gasteiger partial charge >= 0.3 is 0 Å². The molecule has 1 aromatic rings. The van der Waals surface area contributed by atoms with Crippen molar-refractivity contribution < 1.29 is 5.11 Å². The lowest BCUT2D eigenvalue weighted by atomic mass is 10.1. The van der Waals surface area contributed by atoms with Gasteiger partial charge in [0.15, 0.2) is 0 Å². The molecule has 1 aliphatic carbocycles. The number of hydrogen-bond donors (Lipinski definition) is 2. The van der Waals surface area contributed by atoms with Crippen molar-refractivity contribution >= 4 is 5.95 Å². The van der Waals surface area contributed by atoms with E-state index in [1.807, 2.05) is 6.07 Å². The molecule has 2 atom stereocenters. The summed E-state index contributed by atoms with van der Waals surface area (Å²) in [7, 11) is 0. The van der Waals surface area contributed by atoms with E-state index in [0.717, 1.165) is 19.3 Å². The Balaban J connectivity index is 1.92. The highest BCUT2D eigenvalue weighted by Crippen LogP contribution is 2.25. The van der Waals surface area contributed by atoms with Crippen LogP contribution >= 0.6 is 0 Å². The summed E-state index contributed by atoms with van der Waals surface area (Å²) in [5.41, 5.74) is 0.351. The van der Waals surface area contributed by atoms with Crippen LogP contribution in [0.3, 0.4) is 0 Å². The Morgan fingerprint density at radius 3 is 3.12 bits per heavy atom. The molecule has 1 fully saturated rings. The van der Waals surface area contributed by atoms with Crippen molar-refractivity contribution in [1.29, 1.82) is 5.26 Å². The predicted octanol–water partition coefficient (Wildman–Crippen LogP) is 0.921. The molecule has 0 amide bonds.